The van der Waals surface area contributed by atoms with Gasteiger partial charge < -0.3 is 39.3 Å². The molecule has 2 aromatic heterocycles. The highest BCUT2D eigenvalue weighted by Crippen LogP contribution is 2.43. The van der Waals surface area contributed by atoms with Crippen molar-refractivity contribution in [3.05, 3.63) is 113 Å². The topological polar surface area (TPSA) is 289 Å². The number of nitrogens with zero attached hydrogens (tertiary/aromatic N) is 7. The molecular formula is C41H35N9O13S2. The van der Waals surface area contributed by atoms with Crippen LogP contribution in [0.3, 0.4) is 0 Å². The van der Waals surface area contributed by atoms with E-state index in [4.69, 9.17) is 33.9 Å². The molecule has 2 aliphatic rings. The molecule has 3 aromatic carbocycles. The van der Waals surface area contributed by atoms with Crippen LogP contribution in [0.25, 0.3) is 0 Å². The standard InChI is InChI=1S/C41H35N9O13S2/c1-20(51)59-28-15-25(16-29(60-21(2)52)34(28)61-22(3)53)38(56)63-46-30(27-17-58-40(42)43-27)35(54)44-31-36(55)50-32(26(18-64-37(31)50)19-65-41-45-47-48-49(41)4)39(57)62-33(23-11-7-5-8-12-23)24-13-9-6-10-14-24/h5-17,31,33,37H,18-19H2,1-4H3,(H2,42,43)(H,44,54)/t31-,37+/m1/s1. The average molecular weight is 926 g/mol. The van der Waals surface area contributed by atoms with Crippen molar-refractivity contribution in [2.45, 2.75) is 43.4 Å². The first-order chi connectivity index (χ1) is 31.2. The number of oxime groups is 1. The van der Waals surface area contributed by atoms with Crippen LogP contribution >= 0.6 is 23.5 Å². The molecule has 65 heavy (non-hydrogen) atoms. The molecule has 2 atom stereocenters. The largest absolute Gasteiger partial charge is 0.448 e. The molecule has 22 nitrogen and oxygen atoms in total. The number of amides is 2. The molecule has 24 heteroatoms. The number of β-lactam (4-membered cyclic amide) rings is 1. The molecule has 0 aliphatic carbocycles. The molecule has 0 saturated carbocycles. The first-order valence-electron chi connectivity index (χ1n) is 19.1. The van der Waals surface area contributed by atoms with Gasteiger partial charge in [-0.1, -0.05) is 77.6 Å². The summed E-state index contributed by atoms with van der Waals surface area (Å²) < 4.78 is 28.0. The molecule has 1 fully saturated rings. The number of oxazole rings is 1. The van der Waals surface area contributed by atoms with Crippen LogP contribution in [0.2, 0.25) is 0 Å². The van der Waals surface area contributed by atoms with Gasteiger partial charge in [-0.05, 0) is 39.3 Å². The van der Waals surface area contributed by atoms with Crippen molar-refractivity contribution in [3.63, 3.8) is 0 Å². The highest BCUT2D eigenvalue weighted by Gasteiger charge is 2.55. The fourth-order valence-corrected chi connectivity index (χ4v) is 8.71. The number of anilines is 1. The van der Waals surface area contributed by atoms with Crippen LogP contribution in [0.1, 0.15) is 54.1 Å². The number of ether oxygens (including phenoxy) is 4. The molecule has 2 aliphatic heterocycles. The number of aryl methyl sites for hydroxylation is 1. The second-order valence-electron chi connectivity index (χ2n) is 13.8. The fraction of sp³-hybridized carbons (Fsp3) is 0.220. The van der Waals surface area contributed by atoms with E-state index in [2.05, 4.69) is 31.0 Å². The van der Waals surface area contributed by atoms with Crippen LogP contribution in [-0.2, 0) is 45.4 Å². The number of rotatable bonds is 15. The second kappa shape index (κ2) is 19.7. The smallest absolute Gasteiger partial charge is 0.366 e. The van der Waals surface area contributed by atoms with Crippen LogP contribution < -0.4 is 25.3 Å². The summed E-state index contributed by atoms with van der Waals surface area (Å²) >= 11 is 2.51. The number of carbonyl (C=O) groups is 7. The summed E-state index contributed by atoms with van der Waals surface area (Å²) in [5.74, 6) is -7.56. The SMILES string of the molecule is CC(=O)Oc1cc(C(=O)ON=C(C(=O)N[C@@H]2C(=O)N3C(C(=O)OC(c4ccccc4)c4ccccc4)=C(CSc4nnnn4C)CS[C@@H]23)c2coc(N)n2)cc(OC(C)=O)c1OC(C)=O. The maximum atomic E-state index is 14.4. The fourth-order valence-electron chi connectivity index (χ4n) is 6.38. The van der Waals surface area contributed by atoms with Gasteiger partial charge in [0.25, 0.3) is 17.8 Å². The number of aromatic nitrogens is 5. The summed E-state index contributed by atoms with van der Waals surface area (Å²) in [6.07, 6.45) is 0.0968. The van der Waals surface area contributed by atoms with E-state index in [9.17, 15) is 33.6 Å². The zero-order valence-corrected chi connectivity index (χ0v) is 36.1. The van der Waals surface area contributed by atoms with Gasteiger partial charge in [0.2, 0.25) is 10.9 Å². The van der Waals surface area contributed by atoms with Gasteiger partial charge in [0.15, 0.2) is 23.3 Å². The first kappa shape index (κ1) is 45.2. The van der Waals surface area contributed by atoms with E-state index in [1.54, 1.807) is 7.05 Å². The summed E-state index contributed by atoms with van der Waals surface area (Å²) in [6.45, 7) is 3.09. The van der Waals surface area contributed by atoms with Crippen LogP contribution in [0.5, 0.6) is 17.2 Å². The number of hydrogen-bond acceptors (Lipinski definition) is 21. The molecule has 334 valence electrons. The molecule has 0 radical (unpaired) electrons. The molecule has 3 N–H and O–H groups in total. The van der Waals surface area contributed by atoms with Gasteiger partial charge in [-0.15, -0.1) is 16.9 Å². The Labute approximate surface area is 375 Å². The summed E-state index contributed by atoms with van der Waals surface area (Å²) in [7, 11) is 1.66. The molecule has 0 unspecified atom stereocenters. The van der Waals surface area contributed by atoms with Crippen LogP contribution in [0, 0.1) is 0 Å². The zero-order valence-electron chi connectivity index (χ0n) is 34.5. The highest BCUT2D eigenvalue weighted by molar-refractivity contribution is 8.01. The Kier molecular flexibility index (Phi) is 13.7. The van der Waals surface area contributed by atoms with E-state index >= 15 is 0 Å². The average Bonchev–Trinajstić information content (AvgIpc) is 3.91. The number of nitrogens with two attached hydrogens (primary N) is 1. The van der Waals surface area contributed by atoms with Crippen molar-refractivity contribution in [1.29, 1.82) is 0 Å². The summed E-state index contributed by atoms with van der Waals surface area (Å²) in [4.78, 5) is 102. The number of benzene rings is 3. The number of thioether (sulfide) groups is 2. The maximum absolute atomic E-state index is 14.4. The molecule has 0 spiro atoms. The Morgan fingerprint density at radius 1 is 0.923 bits per heavy atom. The van der Waals surface area contributed by atoms with Gasteiger partial charge in [0.1, 0.15) is 29.1 Å². The normalized spacial score (nSPS) is 15.7. The Morgan fingerprint density at radius 2 is 1.54 bits per heavy atom. The minimum Gasteiger partial charge on any atom is -0.448 e. The van der Waals surface area contributed by atoms with Gasteiger partial charge in [-0.2, -0.15) is 4.98 Å². The van der Waals surface area contributed by atoms with Crippen molar-refractivity contribution in [3.8, 4) is 17.2 Å². The highest BCUT2D eigenvalue weighted by atomic mass is 32.2. The molecule has 4 heterocycles. The lowest BCUT2D eigenvalue weighted by atomic mass is 10.0. The molecule has 2 amide bonds. The monoisotopic (exact) mass is 925 g/mol. The van der Waals surface area contributed by atoms with Gasteiger partial charge in [0, 0.05) is 39.3 Å². The van der Waals surface area contributed by atoms with E-state index < -0.39 is 93.7 Å². The molecule has 7 rings (SSSR count). The van der Waals surface area contributed by atoms with Gasteiger partial charge in [-0.25, -0.2) is 14.3 Å². The predicted octanol–water partition coefficient (Wildman–Crippen LogP) is 2.90. The van der Waals surface area contributed by atoms with E-state index in [-0.39, 0.29) is 22.9 Å². The number of carbonyl (C=O) groups excluding carboxylic acids is 7. The Balaban J connectivity index is 1.16. The van der Waals surface area contributed by atoms with E-state index in [1.807, 2.05) is 60.7 Å². The molecule has 1 saturated heterocycles. The number of esters is 4. The quantitative estimate of drug-likeness (QED) is 0.0290. The second-order valence-corrected chi connectivity index (χ2v) is 15.8. The minimum absolute atomic E-state index is 0.0169. The van der Waals surface area contributed by atoms with E-state index in [0.29, 0.717) is 21.9 Å². The van der Waals surface area contributed by atoms with Gasteiger partial charge in [0.05, 0.1) is 5.56 Å². The van der Waals surface area contributed by atoms with Gasteiger partial charge >= 0.3 is 29.8 Å². The number of nitrogens with one attached hydrogen (secondary N) is 1. The Bertz CT molecular complexity index is 2680. The van der Waals surface area contributed by atoms with Gasteiger partial charge in [-0.3, -0.25) is 28.9 Å². The predicted molar refractivity (Wildman–Crippen MR) is 226 cm³/mol. The lowest BCUT2D eigenvalue weighted by Crippen LogP contribution is -2.71. The van der Waals surface area contributed by atoms with Crippen molar-refractivity contribution < 1.29 is 61.8 Å². The first-order valence-corrected chi connectivity index (χ1v) is 21.1. The van der Waals surface area contributed by atoms with Crippen LogP contribution in [0.15, 0.2) is 105 Å². The number of nitrogen functional groups attached to an aromatic ring is 1. The molecular weight excluding hydrogens is 891 g/mol. The Hall–Kier alpha value is -7.86. The summed E-state index contributed by atoms with van der Waals surface area (Å²) in [6, 6.07) is 18.4. The van der Waals surface area contributed by atoms with Crippen LogP contribution in [-0.4, -0.2) is 100 Å². The lowest BCUT2D eigenvalue weighted by Gasteiger charge is -2.49. The summed E-state index contributed by atoms with van der Waals surface area (Å²) in [5, 5.41) is 17.5. The molecule has 0 bridgehead atoms. The molecule has 5 aromatic rings. The number of hydrogen-bond donors (Lipinski definition) is 2. The van der Waals surface area contributed by atoms with Crippen molar-refractivity contribution in [2.75, 3.05) is 17.2 Å². The van der Waals surface area contributed by atoms with Crippen LogP contribution in [0.4, 0.5) is 6.01 Å². The third kappa shape index (κ3) is 10.3. The Morgan fingerprint density at radius 3 is 2.08 bits per heavy atom. The number of tetrazole rings is 1. The maximum Gasteiger partial charge on any atom is 0.366 e. The van der Waals surface area contributed by atoms with E-state index in [1.165, 1.54) is 33.1 Å². The van der Waals surface area contributed by atoms with E-state index in [0.717, 1.165) is 39.2 Å². The minimum atomic E-state index is -1.29. The third-order valence-electron chi connectivity index (χ3n) is 9.12. The third-order valence-corrected chi connectivity index (χ3v) is 11.6. The van der Waals surface area contributed by atoms with Crippen molar-refractivity contribution in [2.24, 2.45) is 12.2 Å². The zero-order chi connectivity index (χ0) is 46.4. The van der Waals surface area contributed by atoms with Crippen molar-refractivity contribution in [1.82, 2.24) is 35.4 Å². The summed E-state index contributed by atoms with van der Waals surface area (Å²) in [5.41, 5.74) is 6.15. The van der Waals surface area contributed by atoms with Crippen molar-refractivity contribution >= 4 is 76.9 Å². The number of fused-ring (bicyclic) bond motifs is 1. The lowest BCUT2D eigenvalue weighted by molar-refractivity contribution is -0.154.